The molecule has 1 atom stereocenters. The molecule has 1 nitrogen and oxygen atoms in total. The molecule has 0 amide bonds. The summed E-state index contributed by atoms with van der Waals surface area (Å²) in [6.45, 7) is 8.58. The molecule has 36 heavy (non-hydrogen) atoms. The van der Waals surface area contributed by atoms with Crippen molar-refractivity contribution >= 4 is 38.9 Å². The van der Waals surface area contributed by atoms with Crippen molar-refractivity contribution in [1.29, 1.82) is 0 Å². The van der Waals surface area contributed by atoms with Gasteiger partial charge in [-0.2, -0.15) is 0 Å². The third-order valence-corrected chi connectivity index (χ3v) is 14.7. The molecule has 0 radical (unpaired) electrons. The molecule has 0 aliphatic heterocycles. The van der Waals surface area contributed by atoms with Gasteiger partial charge in [-0.1, -0.05) is 0 Å². The molecule has 0 saturated carbocycles. The number of hydrogen-bond donors (Lipinski definition) is 0. The summed E-state index contributed by atoms with van der Waals surface area (Å²) in [6, 6.07) is 31.7. The number of benzene rings is 3. The summed E-state index contributed by atoms with van der Waals surface area (Å²) in [5.74, 6) is -2.86. The van der Waals surface area contributed by atoms with Gasteiger partial charge in [0.2, 0.25) is 0 Å². The van der Waals surface area contributed by atoms with Crippen molar-refractivity contribution in [2.75, 3.05) is 6.16 Å². The van der Waals surface area contributed by atoms with Crippen LogP contribution in [0.25, 0.3) is 0 Å². The van der Waals surface area contributed by atoms with Crippen LogP contribution in [-0.2, 0) is 4.79 Å². The maximum absolute atomic E-state index is 12.1. The molecule has 186 valence electrons. The predicted octanol–water partition coefficient (Wildman–Crippen LogP) is 7.73. The van der Waals surface area contributed by atoms with Gasteiger partial charge in [0.25, 0.3) is 0 Å². The number of halogens is 1. The molecule has 3 aromatic carbocycles. The van der Waals surface area contributed by atoms with Crippen molar-refractivity contribution in [3.8, 4) is 0 Å². The Balaban J connectivity index is 1.81. The van der Waals surface area contributed by atoms with Gasteiger partial charge < -0.3 is 0 Å². The number of allylic oxidation sites excluding steroid dienone is 6. The third-order valence-electron chi connectivity index (χ3n) is 7.54. The second-order valence-electron chi connectivity index (χ2n) is 10.7. The van der Waals surface area contributed by atoms with Crippen LogP contribution >= 0.6 is 17.2 Å². The molecule has 1 aliphatic rings. The fourth-order valence-electron chi connectivity index (χ4n) is 5.59. The SMILES string of the molecule is CC1=CC(=O)CC(C)(C)C1/C=C/C(C)=C/CP(Cl)(c1ccccc1)(c1ccccc1)c1ccccc1. The molecular weight excluding hydrogens is 479 g/mol. The number of carbonyl (C=O) groups is 1. The number of ketones is 1. The molecule has 1 unspecified atom stereocenters. The van der Waals surface area contributed by atoms with E-state index in [1.54, 1.807) is 0 Å². The Kier molecular flexibility index (Phi) is 7.56. The van der Waals surface area contributed by atoms with E-state index in [1.165, 1.54) is 21.5 Å². The summed E-state index contributed by atoms with van der Waals surface area (Å²) in [5.41, 5.74) is 2.22. The molecule has 0 N–H and O–H groups in total. The van der Waals surface area contributed by atoms with E-state index in [0.717, 1.165) is 5.57 Å². The van der Waals surface area contributed by atoms with Crippen LogP contribution in [0.3, 0.4) is 0 Å². The normalized spacial score (nSPS) is 19.5. The van der Waals surface area contributed by atoms with Gasteiger partial charge in [-0.05, 0) is 0 Å². The van der Waals surface area contributed by atoms with Crippen LogP contribution in [0.1, 0.15) is 34.1 Å². The van der Waals surface area contributed by atoms with Crippen LogP contribution in [0.15, 0.2) is 126 Å². The van der Waals surface area contributed by atoms with Gasteiger partial charge in [0.1, 0.15) is 0 Å². The molecule has 4 rings (SSSR count). The summed E-state index contributed by atoms with van der Waals surface area (Å²) in [5, 5.41) is 3.50. The van der Waals surface area contributed by atoms with Gasteiger partial charge in [-0.3, -0.25) is 0 Å². The molecule has 0 spiro atoms. The van der Waals surface area contributed by atoms with E-state index in [4.69, 9.17) is 11.2 Å². The standard InChI is InChI=1S/C33H36ClOP/c1-26(20-21-32-27(2)24-28(35)25-33(32,3)4)22-23-36(34,29-14-8-5-9-15-29,30-16-10-6-11-17-30)31-18-12-7-13-19-31/h5-22,24,32H,23,25H2,1-4H3/b21-20+,26-22+. The molecule has 0 saturated heterocycles. The second kappa shape index (κ2) is 10.3. The summed E-state index contributed by atoms with van der Waals surface area (Å²) < 4.78 is 0. The third kappa shape index (κ3) is 4.93. The summed E-state index contributed by atoms with van der Waals surface area (Å²) >= 11 is 8.17. The van der Waals surface area contributed by atoms with Crippen molar-refractivity contribution in [3.63, 3.8) is 0 Å². The molecule has 0 bridgehead atoms. The first-order chi connectivity index (χ1) is 17.1. The molecule has 0 aromatic heterocycles. The Labute approximate surface area is 221 Å². The number of rotatable bonds is 7. The Hall–Kier alpha value is -2.73. The average molecular weight is 515 g/mol. The minimum absolute atomic E-state index is 0.0868. The van der Waals surface area contributed by atoms with E-state index in [0.29, 0.717) is 12.6 Å². The van der Waals surface area contributed by atoms with Gasteiger partial charge in [0, 0.05) is 0 Å². The number of hydrogen-bond acceptors (Lipinski definition) is 1. The molecule has 3 heteroatoms. The Bertz CT molecular complexity index is 1200. The Morgan fingerprint density at radius 3 is 1.75 bits per heavy atom. The zero-order valence-electron chi connectivity index (χ0n) is 21.7. The van der Waals surface area contributed by atoms with Crippen molar-refractivity contribution in [1.82, 2.24) is 0 Å². The van der Waals surface area contributed by atoms with E-state index >= 15 is 0 Å². The van der Waals surface area contributed by atoms with Gasteiger partial charge in [-0.15, -0.1) is 0 Å². The Morgan fingerprint density at radius 2 is 1.33 bits per heavy atom. The van der Waals surface area contributed by atoms with Crippen LogP contribution in [0.5, 0.6) is 0 Å². The predicted molar refractivity (Wildman–Crippen MR) is 159 cm³/mol. The fourth-order valence-corrected chi connectivity index (χ4v) is 11.4. The van der Waals surface area contributed by atoms with Gasteiger partial charge in [-0.25, -0.2) is 0 Å². The van der Waals surface area contributed by atoms with Crippen molar-refractivity contribution < 1.29 is 4.79 Å². The van der Waals surface area contributed by atoms with Gasteiger partial charge in [0.15, 0.2) is 0 Å². The fraction of sp³-hybridized carbons (Fsp3) is 0.242. The molecule has 0 heterocycles. The molecular formula is C33H36ClOP. The number of carbonyl (C=O) groups excluding carboxylic acids is 1. The summed E-state index contributed by atoms with van der Waals surface area (Å²) in [4.78, 5) is 12.1. The quantitative estimate of drug-likeness (QED) is 0.233. The zero-order chi connectivity index (χ0) is 25.8. The minimum atomic E-state index is -3.32. The molecule has 1 aliphatic carbocycles. The first-order valence-corrected chi connectivity index (χ1v) is 15.9. The average Bonchev–Trinajstić information content (AvgIpc) is 2.88. The maximum atomic E-state index is 12.1. The van der Waals surface area contributed by atoms with E-state index < -0.39 is 5.96 Å². The van der Waals surface area contributed by atoms with Gasteiger partial charge >= 0.3 is 222 Å². The van der Waals surface area contributed by atoms with Crippen molar-refractivity contribution in [2.24, 2.45) is 11.3 Å². The van der Waals surface area contributed by atoms with Crippen LogP contribution < -0.4 is 15.9 Å². The summed E-state index contributed by atoms with van der Waals surface area (Å²) in [7, 11) is 0. The monoisotopic (exact) mass is 514 g/mol. The van der Waals surface area contributed by atoms with E-state index in [9.17, 15) is 4.79 Å². The Morgan fingerprint density at radius 1 is 0.889 bits per heavy atom. The van der Waals surface area contributed by atoms with Crippen molar-refractivity contribution in [3.05, 3.63) is 126 Å². The van der Waals surface area contributed by atoms with E-state index in [-0.39, 0.29) is 17.1 Å². The zero-order valence-corrected chi connectivity index (χ0v) is 23.3. The second-order valence-corrected chi connectivity index (χ2v) is 17.2. The topological polar surface area (TPSA) is 17.1 Å². The van der Waals surface area contributed by atoms with E-state index in [2.05, 4.69) is 119 Å². The first-order valence-electron chi connectivity index (χ1n) is 12.6. The van der Waals surface area contributed by atoms with Crippen LogP contribution in [-0.4, -0.2) is 11.9 Å². The van der Waals surface area contributed by atoms with Crippen LogP contribution in [0, 0.1) is 11.3 Å². The van der Waals surface area contributed by atoms with Gasteiger partial charge in [0.05, 0.1) is 0 Å². The van der Waals surface area contributed by atoms with E-state index in [1.807, 2.05) is 24.3 Å². The van der Waals surface area contributed by atoms with Crippen LogP contribution in [0.2, 0.25) is 0 Å². The van der Waals surface area contributed by atoms with Crippen LogP contribution in [0.4, 0.5) is 0 Å². The first kappa shape index (κ1) is 26.3. The van der Waals surface area contributed by atoms with Crippen molar-refractivity contribution in [2.45, 2.75) is 34.1 Å². The summed E-state index contributed by atoms with van der Waals surface area (Å²) in [6.07, 6.45) is 9.87. The molecule has 0 fully saturated rings. The molecule has 3 aromatic rings.